The minimum absolute atomic E-state index is 0.899. The topological polar surface area (TPSA) is 44.3 Å². The lowest BCUT2D eigenvalue weighted by Crippen LogP contribution is -2.44. The van der Waals surface area contributed by atoms with Crippen molar-refractivity contribution in [3.8, 4) is 0 Å². The van der Waals surface area contributed by atoms with Crippen LogP contribution in [0.4, 0.5) is 5.95 Å². The van der Waals surface area contributed by atoms with Crippen LogP contribution in [0.3, 0.4) is 0 Å². The van der Waals surface area contributed by atoms with Gasteiger partial charge in [-0.15, -0.1) is 0 Å². The molecular formula is C11H17N5. The summed E-state index contributed by atoms with van der Waals surface area (Å²) in [5.74, 6) is 0.899. The van der Waals surface area contributed by atoms with Gasteiger partial charge in [-0.3, -0.25) is 4.90 Å². The predicted molar refractivity (Wildman–Crippen MR) is 62.3 cm³/mol. The lowest BCUT2D eigenvalue weighted by molar-refractivity contribution is 0.351. The normalized spacial score (nSPS) is 21.2. The second kappa shape index (κ2) is 3.99. The Labute approximate surface area is 95.5 Å². The van der Waals surface area contributed by atoms with Crippen LogP contribution in [-0.4, -0.2) is 48.1 Å². The summed E-state index contributed by atoms with van der Waals surface area (Å²) in [5.41, 5.74) is 2.48. The van der Waals surface area contributed by atoms with Crippen molar-refractivity contribution in [2.24, 2.45) is 0 Å². The summed E-state index contributed by atoms with van der Waals surface area (Å²) in [5, 5.41) is 3.34. The Kier molecular flexibility index (Phi) is 2.49. The third-order valence-corrected chi connectivity index (χ3v) is 3.20. The van der Waals surface area contributed by atoms with Crippen molar-refractivity contribution in [1.82, 2.24) is 20.2 Å². The van der Waals surface area contributed by atoms with E-state index in [1.807, 2.05) is 6.20 Å². The second-order valence-electron chi connectivity index (χ2n) is 4.55. The first kappa shape index (κ1) is 9.99. The number of rotatable bonds is 1. The van der Waals surface area contributed by atoms with Gasteiger partial charge in [-0.2, -0.15) is 0 Å². The maximum absolute atomic E-state index is 4.67. The number of fused-ring (bicyclic) bond motifs is 1. The molecule has 1 aromatic rings. The summed E-state index contributed by atoms with van der Waals surface area (Å²) in [4.78, 5) is 13.7. The van der Waals surface area contributed by atoms with E-state index in [1.54, 1.807) is 0 Å². The van der Waals surface area contributed by atoms with Crippen molar-refractivity contribution >= 4 is 5.95 Å². The minimum Gasteiger partial charge on any atom is -0.338 e. The van der Waals surface area contributed by atoms with Crippen molar-refractivity contribution in [3.05, 3.63) is 17.5 Å². The molecular weight excluding hydrogens is 202 g/mol. The zero-order valence-corrected chi connectivity index (χ0v) is 9.61. The van der Waals surface area contributed by atoms with Crippen molar-refractivity contribution in [2.45, 2.75) is 13.1 Å². The standard InChI is InChI=1S/C11H17N5/c1-15-7-9-6-13-11(14-10(9)8-15)16-4-2-12-3-5-16/h6,12H,2-5,7-8H2,1H3. The van der Waals surface area contributed by atoms with Crippen LogP contribution in [0.25, 0.3) is 0 Å². The van der Waals surface area contributed by atoms with E-state index in [1.165, 1.54) is 11.3 Å². The smallest absolute Gasteiger partial charge is 0.225 e. The SMILES string of the molecule is CN1Cc2cnc(N3CCNCC3)nc2C1. The average molecular weight is 219 g/mol. The molecule has 0 aromatic carbocycles. The van der Waals surface area contributed by atoms with Crippen LogP contribution in [0.5, 0.6) is 0 Å². The van der Waals surface area contributed by atoms with Gasteiger partial charge in [0.2, 0.25) is 5.95 Å². The summed E-state index contributed by atoms with van der Waals surface area (Å²) >= 11 is 0. The Balaban J connectivity index is 1.84. The molecule has 0 bridgehead atoms. The van der Waals surface area contributed by atoms with E-state index in [2.05, 4.69) is 32.1 Å². The van der Waals surface area contributed by atoms with Crippen LogP contribution in [0, 0.1) is 0 Å². The van der Waals surface area contributed by atoms with Crippen LogP contribution >= 0.6 is 0 Å². The maximum Gasteiger partial charge on any atom is 0.225 e. The quantitative estimate of drug-likeness (QED) is 0.710. The summed E-state index contributed by atoms with van der Waals surface area (Å²) < 4.78 is 0. The average Bonchev–Trinajstić information content (AvgIpc) is 2.69. The highest BCUT2D eigenvalue weighted by molar-refractivity contribution is 5.35. The second-order valence-corrected chi connectivity index (χ2v) is 4.55. The van der Waals surface area contributed by atoms with E-state index in [0.29, 0.717) is 0 Å². The first-order valence-corrected chi connectivity index (χ1v) is 5.82. The number of nitrogens with one attached hydrogen (secondary N) is 1. The van der Waals surface area contributed by atoms with Crippen molar-refractivity contribution in [2.75, 3.05) is 38.1 Å². The van der Waals surface area contributed by atoms with E-state index in [9.17, 15) is 0 Å². The minimum atomic E-state index is 0.899. The van der Waals surface area contributed by atoms with Crippen molar-refractivity contribution < 1.29 is 0 Å². The molecule has 5 heteroatoms. The molecule has 1 saturated heterocycles. The number of anilines is 1. The van der Waals surface area contributed by atoms with Gasteiger partial charge in [-0.1, -0.05) is 0 Å². The fourth-order valence-corrected chi connectivity index (χ4v) is 2.32. The van der Waals surface area contributed by atoms with Crippen LogP contribution in [-0.2, 0) is 13.1 Å². The molecule has 2 aliphatic rings. The van der Waals surface area contributed by atoms with Gasteiger partial charge in [0.05, 0.1) is 5.69 Å². The molecule has 0 aliphatic carbocycles. The molecule has 0 spiro atoms. The highest BCUT2D eigenvalue weighted by Crippen LogP contribution is 2.20. The number of piperazine rings is 1. The summed E-state index contributed by atoms with van der Waals surface area (Å²) in [6.45, 7) is 6.01. The van der Waals surface area contributed by atoms with Crippen LogP contribution in [0.1, 0.15) is 11.3 Å². The number of nitrogens with zero attached hydrogens (tertiary/aromatic N) is 4. The molecule has 0 unspecified atom stereocenters. The van der Waals surface area contributed by atoms with Gasteiger partial charge in [0.1, 0.15) is 0 Å². The Morgan fingerprint density at radius 1 is 1.25 bits per heavy atom. The van der Waals surface area contributed by atoms with E-state index in [-0.39, 0.29) is 0 Å². The van der Waals surface area contributed by atoms with Crippen LogP contribution in [0.2, 0.25) is 0 Å². The van der Waals surface area contributed by atoms with E-state index in [4.69, 9.17) is 0 Å². The third-order valence-electron chi connectivity index (χ3n) is 3.20. The fraction of sp³-hybridized carbons (Fsp3) is 0.636. The van der Waals surface area contributed by atoms with Gasteiger partial charge in [-0.05, 0) is 7.05 Å². The molecule has 86 valence electrons. The van der Waals surface area contributed by atoms with Gasteiger partial charge >= 0.3 is 0 Å². The Bertz CT molecular complexity index is 386. The van der Waals surface area contributed by atoms with E-state index < -0.39 is 0 Å². The predicted octanol–water partition coefficient (Wildman–Crippen LogP) is -0.168. The highest BCUT2D eigenvalue weighted by atomic mass is 15.3. The van der Waals surface area contributed by atoms with Gasteiger partial charge in [0.15, 0.2) is 0 Å². The fourth-order valence-electron chi connectivity index (χ4n) is 2.32. The molecule has 16 heavy (non-hydrogen) atoms. The molecule has 2 aliphatic heterocycles. The number of hydrogen-bond acceptors (Lipinski definition) is 5. The lowest BCUT2D eigenvalue weighted by atomic mass is 10.3. The highest BCUT2D eigenvalue weighted by Gasteiger charge is 2.20. The van der Waals surface area contributed by atoms with Gasteiger partial charge in [0.25, 0.3) is 0 Å². The monoisotopic (exact) mass is 219 g/mol. The Morgan fingerprint density at radius 2 is 2.06 bits per heavy atom. The first-order valence-electron chi connectivity index (χ1n) is 5.82. The Morgan fingerprint density at radius 3 is 2.88 bits per heavy atom. The van der Waals surface area contributed by atoms with Gasteiger partial charge in [0, 0.05) is 51.0 Å². The number of aromatic nitrogens is 2. The molecule has 1 aromatic heterocycles. The largest absolute Gasteiger partial charge is 0.338 e. The summed E-state index contributed by atoms with van der Waals surface area (Å²) in [6, 6.07) is 0. The first-order chi connectivity index (χ1) is 7.83. The molecule has 3 rings (SSSR count). The van der Waals surface area contributed by atoms with Crippen molar-refractivity contribution in [1.29, 1.82) is 0 Å². The molecule has 0 radical (unpaired) electrons. The summed E-state index contributed by atoms with van der Waals surface area (Å²) in [6.07, 6.45) is 1.99. The molecule has 3 heterocycles. The number of hydrogen-bond donors (Lipinski definition) is 1. The molecule has 0 amide bonds. The summed E-state index contributed by atoms with van der Waals surface area (Å²) in [7, 11) is 2.12. The zero-order valence-electron chi connectivity index (χ0n) is 9.61. The van der Waals surface area contributed by atoms with Crippen LogP contribution < -0.4 is 10.2 Å². The molecule has 0 atom stereocenters. The van der Waals surface area contributed by atoms with Gasteiger partial charge in [-0.25, -0.2) is 9.97 Å². The molecule has 0 saturated carbocycles. The van der Waals surface area contributed by atoms with Crippen molar-refractivity contribution in [3.63, 3.8) is 0 Å². The molecule has 1 N–H and O–H groups in total. The van der Waals surface area contributed by atoms with E-state index >= 15 is 0 Å². The maximum atomic E-state index is 4.67. The third kappa shape index (κ3) is 1.76. The van der Waals surface area contributed by atoms with E-state index in [0.717, 1.165) is 45.2 Å². The Hall–Kier alpha value is -1.20. The van der Waals surface area contributed by atoms with Gasteiger partial charge < -0.3 is 10.2 Å². The molecule has 1 fully saturated rings. The zero-order chi connectivity index (χ0) is 11.0. The lowest BCUT2D eigenvalue weighted by Gasteiger charge is -2.27. The molecule has 5 nitrogen and oxygen atoms in total. The van der Waals surface area contributed by atoms with Crippen LogP contribution in [0.15, 0.2) is 6.20 Å².